The molecule has 0 spiro atoms. The van der Waals surface area contributed by atoms with Gasteiger partial charge in [0.15, 0.2) is 0 Å². The standard InChI is InChI=1S/C22H12F6NO5S.C2H3F3O3S/c1-29-16-10-12(34-35(30,31)22(26,27)28)5-7-13(16)14-3-2-4-18-19(14)20(29)15-9-11(33-21(23,24)25)6-8-17(15)32-18;1-8-9(6,7)2(3,4)5/h2-10H,1H3;1H3/q+1;. The Hall–Kier alpha value is -4.04. The summed E-state index contributed by atoms with van der Waals surface area (Å²) in [5, 5.41) is 1.62. The van der Waals surface area contributed by atoms with Crippen LogP contribution < -0.4 is 18.2 Å². The molecule has 0 amide bonds. The lowest BCUT2D eigenvalue weighted by atomic mass is 9.96. The zero-order chi connectivity index (χ0) is 33.0. The van der Waals surface area contributed by atoms with Crippen molar-refractivity contribution < 1.29 is 78.8 Å². The molecule has 0 N–H and O–H groups in total. The largest absolute Gasteiger partial charge is 0.573 e. The Labute approximate surface area is 241 Å². The first-order chi connectivity index (χ1) is 20.1. The molecule has 1 aromatic heterocycles. The second-order valence-electron chi connectivity index (χ2n) is 8.62. The van der Waals surface area contributed by atoms with Gasteiger partial charge in [0, 0.05) is 5.39 Å². The molecule has 0 atom stereocenters. The van der Waals surface area contributed by atoms with Crippen molar-refractivity contribution >= 4 is 41.9 Å². The van der Waals surface area contributed by atoms with Crippen molar-refractivity contribution in [1.82, 2.24) is 0 Å². The summed E-state index contributed by atoms with van der Waals surface area (Å²) in [4.78, 5) is 0. The van der Waals surface area contributed by atoms with Crippen molar-refractivity contribution in [2.24, 2.45) is 7.05 Å². The topological polar surface area (TPSA) is 109 Å². The van der Waals surface area contributed by atoms with Crippen LogP contribution in [-0.2, 0) is 31.5 Å². The SMILES string of the molecule is COS(=O)(=O)C(F)(F)F.C[n+]1c2c3c(cccc3c3ccc(OS(=O)(=O)C(F)(F)F)cc31)Oc1ccc(OC(F)(F)F)cc1-2. The van der Waals surface area contributed by atoms with Crippen molar-refractivity contribution in [2.45, 2.75) is 17.4 Å². The summed E-state index contributed by atoms with van der Waals surface area (Å²) < 4.78 is 171. The van der Waals surface area contributed by atoms with E-state index in [9.17, 15) is 56.3 Å². The monoisotopic (exact) mass is 680 g/mol. The summed E-state index contributed by atoms with van der Waals surface area (Å²) in [6.45, 7) is 0. The maximum atomic E-state index is 12.8. The maximum absolute atomic E-state index is 12.8. The summed E-state index contributed by atoms with van der Waals surface area (Å²) >= 11 is 0. The van der Waals surface area contributed by atoms with Crippen LogP contribution in [0.4, 0.5) is 39.5 Å². The summed E-state index contributed by atoms with van der Waals surface area (Å²) in [6, 6.07) is 12.1. The molecule has 0 unspecified atom stereocenters. The zero-order valence-corrected chi connectivity index (χ0v) is 23.3. The van der Waals surface area contributed by atoms with Gasteiger partial charge < -0.3 is 13.7 Å². The van der Waals surface area contributed by atoms with Crippen molar-refractivity contribution in [2.75, 3.05) is 7.11 Å². The first-order valence-electron chi connectivity index (χ1n) is 11.4. The van der Waals surface area contributed by atoms with Crippen LogP contribution in [0.15, 0.2) is 54.6 Å². The molecule has 0 aliphatic carbocycles. The minimum atomic E-state index is -5.91. The zero-order valence-electron chi connectivity index (χ0n) is 21.6. The second kappa shape index (κ2) is 10.8. The molecule has 3 aromatic carbocycles. The van der Waals surface area contributed by atoms with E-state index in [1.54, 1.807) is 18.2 Å². The van der Waals surface area contributed by atoms with Crippen molar-refractivity contribution in [3.63, 3.8) is 0 Å². The molecular weight excluding hydrogens is 665 g/mol. The van der Waals surface area contributed by atoms with Crippen LogP contribution in [0.1, 0.15) is 0 Å². The highest BCUT2D eigenvalue weighted by Crippen LogP contribution is 2.48. The van der Waals surface area contributed by atoms with E-state index in [2.05, 4.69) is 13.1 Å². The molecule has 4 aromatic rings. The van der Waals surface area contributed by atoms with Crippen LogP contribution in [0.25, 0.3) is 32.9 Å². The lowest BCUT2D eigenvalue weighted by Gasteiger charge is -2.21. The van der Waals surface area contributed by atoms with Gasteiger partial charge in [-0.3, -0.25) is 4.18 Å². The van der Waals surface area contributed by atoms with E-state index in [-0.39, 0.29) is 16.8 Å². The predicted molar refractivity (Wildman–Crippen MR) is 132 cm³/mol. The molecule has 0 bridgehead atoms. The van der Waals surface area contributed by atoms with E-state index >= 15 is 0 Å². The van der Waals surface area contributed by atoms with Gasteiger partial charge in [-0.05, 0) is 36.4 Å². The number of aryl methyl sites for hydroxylation is 1. The van der Waals surface area contributed by atoms with Crippen LogP contribution >= 0.6 is 0 Å². The van der Waals surface area contributed by atoms with Gasteiger partial charge in [0.2, 0.25) is 11.2 Å². The van der Waals surface area contributed by atoms with E-state index in [4.69, 9.17) is 4.74 Å². The Morgan fingerprint density at radius 1 is 0.727 bits per heavy atom. The Morgan fingerprint density at radius 3 is 1.89 bits per heavy atom. The highest BCUT2D eigenvalue weighted by Gasteiger charge is 2.49. The van der Waals surface area contributed by atoms with Gasteiger partial charge in [0.25, 0.3) is 0 Å². The molecule has 238 valence electrons. The number of aromatic nitrogens is 1. The minimum absolute atomic E-state index is 0.224. The van der Waals surface area contributed by atoms with Gasteiger partial charge in [-0.2, -0.15) is 47.7 Å². The molecule has 0 saturated carbocycles. The number of fused-ring (bicyclic) bond motifs is 4. The fraction of sp³-hybridized carbons (Fsp3) is 0.208. The molecular formula is C24H15F9NO8S2+. The Kier molecular flexibility index (Phi) is 8.10. The maximum Gasteiger partial charge on any atom is 0.573 e. The molecule has 1 aliphatic rings. The van der Waals surface area contributed by atoms with Gasteiger partial charge in [-0.1, -0.05) is 12.1 Å². The highest BCUT2D eigenvalue weighted by atomic mass is 32.2. The summed E-state index contributed by atoms with van der Waals surface area (Å²) in [6.07, 6.45) is -4.93. The third kappa shape index (κ3) is 6.27. The third-order valence-corrected chi connectivity index (χ3v) is 7.86. The fourth-order valence-electron chi connectivity index (χ4n) is 4.12. The minimum Gasteiger partial charge on any atom is -0.456 e. The summed E-state index contributed by atoms with van der Waals surface area (Å²) in [7, 11) is -9.27. The van der Waals surface area contributed by atoms with Crippen molar-refractivity contribution in [3.8, 4) is 34.3 Å². The number of nitrogens with zero attached hydrogens (tertiary/aromatic N) is 1. The second-order valence-corrected chi connectivity index (χ2v) is 11.9. The fourth-order valence-corrected chi connectivity index (χ4v) is 4.76. The van der Waals surface area contributed by atoms with Crippen LogP contribution in [-0.4, -0.2) is 41.3 Å². The van der Waals surface area contributed by atoms with Gasteiger partial charge >= 0.3 is 37.6 Å². The molecule has 0 radical (unpaired) electrons. The van der Waals surface area contributed by atoms with Crippen molar-refractivity contribution in [3.05, 3.63) is 54.6 Å². The molecule has 1 aliphatic heterocycles. The van der Waals surface area contributed by atoms with E-state index < -0.39 is 49.1 Å². The van der Waals surface area contributed by atoms with E-state index in [0.717, 1.165) is 24.3 Å². The third-order valence-electron chi connectivity index (χ3n) is 5.87. The Morgan fingerprint density at radius 2 is 1.34 bits per heavy atom. The molecule has 2 heterocycles. The van der Waals surface area contributed by atoms with Gasteiger partial charge in [0.1, 0.15) is 30.0 Å². The van der Waals surface area contributed by atoms with E-state index in [0.29, 0.717) is 34.7 Å². The van der Waals surface area contributed by atoms with Crippen LogP contribution in [0.5, 0.6) is 23.0 Å². The number of halogens is 9. The number of alkyl halides is 9. The number of ether oxygens (including phenoxy) is 2. The van der Waals surface area contributed by atoms with Crippen LogP contribution in [0.2, 0.25) is 0 Å². The number of hydrogen-bond donors (Lipinski definition) is 0. The molecule has 0 saturated heterocycles. The number of rotatable bonds is 4. The number of benzene rings is 3. The smallest absolute Gasteiger partial charge is 0.456 e. The molecule has 20 heteroatoms. The van der Waals surface area contributed by atoms with Gasteiger partial charge in [0.05, 0.1) is 29.5 Å². The first-order valence-corrected chi connectivity index (χ1v) is 14.2. The first kappa shape index (κ1) is 32.9. The van der Waals surface area contributed by atoms with Crippen LogP contribution in [0, 0.1) is 0 Å². The Bertz CT molecular complexity index is 1990. The predicted octanol–water partition coefficient (Wildman–Crippen LogP) is 6.20. The Balaban J connectivity index is 0.000000429. The van der Waals surface area contributed by atoms with E-state index in [1.165, 1.54) is 23.7 Å². The average Bonchev–Trinajstić information content (AvgIpc) is 2.89. The van der Waals surface area contributed by atoms with Crippen LogP contribution in [0.3, 0.4) is 0 Å². The quantitative estimate of drug-likeness (QED) is 0.0727. The molecule has 0 fully saturated rings. The molecule has 5 rings (SSSR count). The number of hydrogen-bond acceptors (Lipinski definition) is 8. The van der Waals surface area contributed by atoms with Gasteiger partial charge in [-0.25, -0.2) is 0 Å². The summed E-state index contributed by atoms with van der Waals surface area (Å²) in [5.41, 5.74) is -10.1. The lowest BCUT2D eigenvalue weighted by molar-refractivity contribution is -0.632. The van der Waals surface area contributed by atoms with Crippen molar-refractivity contribution in [1.29, 1.82) is 0 Å². The van der Waals surface area contributed by atoms with Gasteiger partial charge in [-0.15, -0.1) is 13.2 Å². The normalized spacial score (nSPS) is 13.5. The average molecular weight is 680 g/mol. The highest BCUT2D eigenvalue weighted by molar-refractivity contribution is 7.88. The molecule has 9 nitrogen and oxygen atoms in total. The molecule has 44 heavy (non-hydrogen) atoms. The summed E-state index contributed by atoms with van der Waals surface area (Å²) in [5.74, 6) is -0.455. The van der Waals surface area contributed by atoms with E-state index in [1.807, 2.05) is 0 Å². The number of pyridine rings is 1. The lowest BCUT2D eigenvalue weighted by Crippen LogP contribution is -2.33.